The second-order valence-corrected chi connectivity index (χ2v) is 6.45. The van der Waals surface area contributed by atoms with E-state index in [4.69, 9.17) is 27.6 Å². The van der Waals surface area contributed by atoms with Crippen LogP contribution in [0.15, 0.2) is 44.8 Å². The fourth-order valence-electron chi connectivity index (χ4n) is 2.55. The molecule has 0 bridgehead atoms. The summed E-state index contributed by atoms with van der Waals surface area (Å²) >= 11 is 11.5. The summed E-state index contributed by atoms with van der Waals surface area (Å²) in [6.45, 7) is 3.76. The lowest BCUT2D eigenvalue weighted by Crippen LogP contribution is -2.19. The topological polar surface area (TPSA) is 84.6 Å². The molecule has 0 saturated carbocycles. The molecule has 0 unspecified atom stereocenters. The van der Waals surface area contributed by atoms with E-state index in [0.717, 1.165) is 11.1 Å². The number of nitrogens with zero attached hydrogens (tertiary/aromatic N) is 2. The Kier molecular flexibility index (Phi) is 5.06. The van der Waals surface area contributed by atoms with Gasteiger partial charge in [-0.3, -0.25) is 9.59 Å². The van der Waals surface area contributed by atoms with E-state index in [1.54, 1.807) is 6.07 Å². The Hall–Kier alpha value is -2.70. The number of amides is 1. The van der Waals surface area contributed by atoms with Gasteiger partial charge in [0.2, 0.25) is 5.43 Å². The van der Waals surface area contributed by atoms with E-state index in [1.807, 2.05) is 19.9 Å². The summed E-state index contributed by atoms with van der Waals surface area (Å²) in [4.78, 5) is 28.4. The Bertz CT molecular complexity index is 1090. The first-order valence-electron chi connectivity index (χ1n) is 7.54. The number of aryl methyl sites for hydroxylation is 2. The number of hydrogen-bond donors (Lipinski definition) is 1. The third-order valence-electron chi connectivity index (χ3n) is 3.64. The van der Waals surface area contributed by atoms with Gasteiger partial charge in [0, 0.05) is 5.56 Å². The normalized spacial score (nSPS) is 11.2. The van der Waals surface area contributed by atoms with Crippen LogP contribution in [-0.4, -0.2) is 17.1 Å². The Labute approximate surface area is 158 Å². The molecule has 0 radical (unpaired) electrons. The van der Waals surface area contributed by atoms with Crippen LogP contribution in [0.4, 0.5) is 0 Å². The molecule has 2 aromatic heterocycles. The summed E-state index contributed by atoms with van der Waals surface area (Å²) in [5.41, 5.74) is 4.82. The number of benzene rings is 1. The maximum atomic E-state index is 12.6. The van der Waals surface area contributed by atoms with Crippen LogP contribution in [0, 0.1) is 13.8 Å². The number of aromatic nitrogens is 1. The first-order valence-corrected chi connectivity index (χ1v) is 8.30. The third kappa shape index (κ3) is 3.76. The molecule has 2 heterocycles. The van der Waals surface area contributed by atoms with E-state index in [0.29, 0.717) is 11.0 Å². The zero-order valence-electron chi connectivity index (χ0n) is 13.8. The fraction of sp³-hybridized carbons (Fsp3) is 0.111. The molecule has 0 spiro atoms. The quantitative estimate of drug-likeness (QED) is 0.418. The fourth-order valence-corrected chi connectivity index (χ4v) is 3.01. The lowest BCUT2D eigenvalue weighted by molar-refractivity contribution is 0.0955. The number of halogens is 2. The lowest BCUT2D eigenvalue weighted by Gasteiger charge is -2.04. The minimum absolute atomic E-state index is 0.0903. The van der Waals surface area contributed by atoms with Gasteiger partial charge in [-0.15, -0.1) is 0 Å². The van der Waals surface area contributed by atoms with Crippen molar-refractivity contribution in [1.82, 2.24) is 10.4 Å². The molecule has 1 N–H and O–H groups in total. The SMILES string of the molecule is Cc1cc(C)c2c(=O)c(/C=N/NC(=O)c3cc(Cl)nc(Cl)c3)coc2c1. The number of rotatable bonds is 3. The number of hydrazone groups is 1. The van der Waals surface area contributed by atoms with Crippen LogP contribution in [0.2, 0.25) is 10.3 Å². The van der Waals surface area contributed by atoms with Crippen molar-refractivity contribution in [2.24, 2.45) is 5.10 Å². The maximum Gasteiger partial charge on any atom is 0.271 e. The van der Waals surface area contributed by atoms with Crippen LogP contribution in [0.5, 0.6) is 0 Å². The molecule has 132 valence electrons. The van der Waals surface area contributed by atoms with Crippen LogP contribution in [0.25, 0.3) is 11.0 Å². The Morgan fingerprint density at radius 1 is 1.19 bits per heavy atom. The molecule has 26 heavy (non-hydrogen) atoms. The van der Waals surface area contributed by atoms with Gasteiger partial charge in [-0.2, -0.15) is 5.10 Å². The number of carbonyl (C=O) groups is 1. The molecule has 3 rings (SSSR count). The van der Waals surface area contributed by atoms with Crippen molar-refractivity contribution < 1.29 is 9.21 Å². The molecular weight excluding hydrogens is 377 g/mol. The molecule has 1 amide bonds. The maximum absolute atomic E-state index is 12.6. The zero-order chi connectivity index (χ0) is 18.8. The predicted octanol–water partition coefficient (Wildman–Crippen LogP) is 3.88. The Morgan fingerprint density at radius 2 is 1.88 bits per heavy atom. The third-order valence-corrected chi connectivity index (χ3v) is 4.03. The van der Waals surface area contributed by atoms with Gasteiger partial charge in [0.1, 0.15) is 22.2 Å². The molecule has 3 aromatic rings. The van der Waals surface area contributed by atoms with Gasteiger partial charge in [0.05, 0.1) is 17.2 Å². The van der Waals surface area contributed by atoms with Gasteiger partial charge in [0.25, 0.3) is 5.91 Å². The average Bonchev–Trinajstić information content (AvgIpc) is 2.55. The number of nitrogens with one attached hydrogen (secondary N) is 1. The number of carbonyl (C=O) groups excluding carboxylic acids is 1. The second kappa shape index (κ2) is 7.27. The van der Waals surface area contributed by atoms with Crippen LogP contribution in [-0.2, 0) is 0 Å². The molecule has 6 nitrogen and oxygen atoms in total. The average molecular weight is 390 g/mol. The largest absolute Gasteiger partial charge is 0.463 e. The van der Waals surface area contributed by atoms with E-state index < -0.39 is 5.91 Å². The molecular formula is C18H13Cl2N3O3. The van der Waals surface area contributed by atoms with Crippen LogP contribution in [0.1, 0.15) is 27.0 Å². The van der Waals surface area contributed by atoms with E-state index in [2.05, 4.69) is 15.5 Å². The highest BCUT2D eigenvalue weighted by Gasteiger charge is 2.10. The summed E-state index contributed by atoms with van der Waals surface area (Å²) in [6.07, 6.45) is 2.53. The smallest absolute Gasteiger partial charge is 0.271 e. The van der Waals surface area contributed by atoms with Crippen molar-refractivity contribution in [2.75, 3.05) is 0 Å². The van der Waals surface area contributed by atoms with Crippen LogP contribution >= 0.6 is 23.2 Å². The van der Waals surface area contributed by atoms with Crippen molar-refractivity contribution in [3.05, 3.63) is 73.3 Å². The molecule has 0 aliphatic rings. The molecule has 0 atom stereocenters. The van der Waals surface area contributed by atoms with Crippen molar-refractivity contribution in [3.8, 4) is 0 Å². The van der Waals surface area contributed by atoms with Crippen molar-refractivity contribution in [2.45, 2.75) is 13.8 Å². The van der Waals surface area contributed by atoms with Gasteiger partial charge in [-0.05, 0) is 43.2 Å². The summed E-state index contributed by atoms with van der Waals surface area (Å²) < 4.78 is 5.51. The van der Waals surface area contributed by atoms with Gasteiger partial charge < -0.3 is 4.42 Å². The highest BCUT2D eigenvalue weighted by molar-refractivity contribution is 6.33. The predicted molar refractivity (Wildman–Crippen MR) is 101 cm³/mol. The highest BCUT2D eigenvalue weighted by atomic mass is 35.5. The van der Waals surface area contributed by atoms with E-state index in [9.17, 15) is 9.59 Å². The molecule has 0 aliphatic heterocycles. The summed E-state index contributed by atoms with van der Waals surface area (Å²) in [5.74, 6) is -0.538. The molecule has 0 fully saturated rings. The van der Waals surface area contributed by atoms with Crippen molar-refractivity contribution in [3.63, 3.8) is 0 Å². The van der Waals surface area contributed by atoms with Gasteiger partial charge in [-0.25, -0.2) is 10.4 Å². The van der Waals surface area contributed by atoms with Crippen molar-refractivity contribution in [1.29, 1.82) is 0 Å². The molecule has 8 heteroatoms. The number of hydrogen-bond acceptors (Lipinski definition) is 5. The van der Waals surface area contributed by atoms with E-state index in [1.165, 1.54) is 24.6 Å². The van der Waals surface area contributed by atoms with Gasteiger partial charge >= 0.3 is 0 Å². The summed E-state index contributed by atoms with van der Waals surface area (Å²) in [5, 5.41) is 4.47. The number of pyridine rings is 1. The standard InChI is InChI=1S/C18H13Cl2N3O3/c1-9-3-10(2)16-13(4-9)26-8-12(17(16)24)7-21-23-18(25)11-5-14(19)22-15(20)6-11/h3-8H,1-2H3,(H,23,25)/b21-7+. The highest BCUT2D eigenvalue weighted by Crippen LogP contribution is 2.18. The molecule has 0 saturated heterocycles. The van der Waals surface area contributed by atoms with E-state index >= 15 is 0 Å². The van der Waals surface area contributed by atoms with E-state index in [-0.39, 0.29) is 26.9 Å². The van der Waals surface area contributed by atoms with Gasteiger partial charge in [-0.1, -0.05) is 29.3 Å². The molecule has 1 aromatic carbocycles. The van der Waals surface area contributed by atoms with Gasteiger partial charge in [0.15, 0.2) is 0 Å². The minimum atomic E-state index is -0.538. The lowest BCUT2D eigenvalue weighted by atomic mass is 10.1. The monoisotopic (exact) mass is 389 g/mol. The minimum Gasteiger partial charge on any atom is -0.463 e. The first kappa shape index (κ1) is 18.1. The van der Waals surface area contributed by atoms with Crippen LogP contribution in [0.3, 0.4) is 0 Å². The Morgan fingerprint density at radius 3 is 2.58 bits per heavy atom. The number of fused-ring (bicyclic) bond motifs is 1. The zero-order valence-corrected chi connectivity index (χ0v) is 15.4. The van der Waals surface area contributed by atoms with Crippen molar-refractivity contribution >= 4 is 46.3 Å². The first-order chi connectivity index (χ1) is 12.3. The summed E-state index contributed by atoms with van der Waals surface area (Å²) in [7, 11) is 0. The van der Waals surface area contributed by atoms with Crippen LogP contribution < -0.4 is 10.9 Å². The summed E-state index contributed by atoms with van der Waals surface area (Å²) in [6, 6.07) is 6.41. The second-order valence-electron chi connectivity index (χ2n) is 5.68. The Balaban J connectivity index is 1.86. The molecule has 0 aliphatic carbocycles.